The summed E-state index contributed by atoms with van der Waals surface area (Å²) in [6.45, 7) is 1.69. The number of nitrogens with two attached hydrogens (primary N) is 1. The second-order valence-electron chi connectivity index (χ2n) is 3.72. The van der Waals surface area contributed by atoms with Crippen LogP contribution in [0.5, 0.6) is 0 Å². The second-order valence-corrected chi connectivity index (χ2v) is 4.75. The fraction of sp³-hybridized carbons (Fsp3) is 0.0833. The van der Waals surface area contributed by atoms with Gasteiger partial charge in [-0.1, -0.05) is 23.5 Å². The van der Waals surface area contributed by atoms with Crippen LogP contribution in [0.2, 0.25) is 0 Å². The Bertz CT molecular complexity index is 638. The molecular formula is C12H11FN4OS. The van der Waals surface area contributed by atoms with Gasteiger partial charge in [-0.05, 0) is 24.6 Å². The van der Waals surface area contributed by atoms with Crippen LogP contribution in [0.15, 0.2) is 29.4 Å². The summed E-state index contributed by atoms with van der Waals surface area (Å²) in [6.07, 6.45) is 1.36. The van der Waals surface area contributed by atoms with Gasteiger partial charge >= 0.3 is 0 Å². The van der Waals surface area contributed by atoms with Crippen LogP contribution in [-0.2, 0) is 0 Å². The molecule has 1 aromatic heterocycles. The Morgan fingerprint density at radius 2 is 2.37 bits per heavy atom. The number of aryl methyl sites for hydroxylation is 1. The molecular weight excluding hydrogens is 267 g/mol. The van der Waals surface area contributed by atoms with E-state index in [-0.39, 0.29) is 11.7 Å². The average molecular weight is 278 g/mol. The third-order valence-corrected chi connectivity index (χ3v) is 3.23. The number of benzene rings is 1. The van der Waals surface area contributed by atoms with Crippen molar-refractivity contribution in [3.63, 3.8) is 0 Å². The Hall–Kier alpha value is -2.28. The number of carbonyl (C=O) groups is 1. The molecule has 0 spiro atoms. The molecule has 0 aliphatic heterocycles. The van der Waals surface area contributed by atoms with E-state index in [1.165, 1.54) is 18.3 Å². The molecule has 7 heteroatoms. The van der Waals surface area contributed by atoms with Crippen molar-refractivity contribution in [1.29, 1.82) is 0 Å². The number of carbonyl (C=O) groups excluding carboxylic acids is 1. The van der Waals surface area contributed by atoms with Gasteiger partial charge in [-0.15, -0.1) is 0 Å². The summed E-state index contributed by atoms with van der Waals surface area (Å²) in [7, 11) is 0. The third-order valence-electron chi connectivity index (χ3n) is 2.25. The van der Waals surface area contributed by atoms with Crippen molar-refractivity contribution in [2.24, 2.45) is 5.10 Å². The van der Waals surface area contributed by atoms with Gasteiger partial charge in [0.15, 0.2) is 5.13 Å². The predicted octanol–water partition coefficient (Wildman–Crippen LogP) is 1.94. The number of thiazole rings is 1. The fourth-order valence-electron chi connectivity index (χ4n) is 1.43. The Kier molecular flexibility index (Phi) is 3.86. The van der Waals surface area contributed by atoms with E-state index in [4.69, 9.17) is 5.73 Å². The molecule has 0 saturated heterocycles. The lowest BCUT2D eigenvalue weighted by Crippen LogP contribution is -2.17. The van der Waals surface area contributed by atoms with Gasteiger partial charge in [-0.3, -0.25) is 4.79 Å². The first-order valence-corrected chi connectivity index (χ1v) is 6.20. The molecule has 98 valence electrons. The zero-order chi connectivity index (χ0) is 13.8. The molecule has 0 atom stereocenters. The summed E-state index contributed by atoms with van der Waals surface area (Å²) in [5.41, 5.74) is 8.96. The maximum Gasteiger partial charge on any atom is 0.283 e. The van der Waals surface area contributed by atoms with Gasteiger partial charge in [0, 0.05) is 0 Å². The van der Waals surface area contributed by atoms with Crippen molar-refractivity contribution < 1.29 is 9.18 Å². The van der Waals surface area contributed by atoms with Gasteiger partial charge in [0.25, 0.3) is 5.91 Å². The van der Waals surface area contributed by atoms with E-state index >= 15 is 0 Å². The quantitative estimate of drug-likeness (QED) is 0.665. The van der Waals surface area contributed by atoms with E-state index in [9.17, 15) is 9.18 Å². The highest BCUT2D eigenvalue weighted by Crippen LogP contribution is 2.19. The van der Waals surface area contributed by atoms with E-state index in [0.717, 1.165) is 11.3 Å². The van der Waals surface area contributed by atoms with Crippen molar-refractivity contribution in [3.05, 3.63) is 46.2 Å². The van der Waals surface area contributed by atoms with Crippen LogP contribution in [0.3, 0.4) is 0 Å². The predicted molar refractivity (Wildman–Crippen MR) is 72.7 cm³/mol. The monoisotopic (exact) mass is 278 g/mol. The maximum atomic E-state index is 12.9. The fourth-order valence-corrected chi connectivity index (χ4v) is 2.15. The SMILES string of the molecule is Cc1nc(N)sc1C(=O)N/N=C/c1cccc(F)c1. The maximum absolute atomic E-state index is 12.9. The topological polar surface area (TPSA) is 80.4 Å². The van der Waals surface area contributed by atoms with Crippen LogP contribution in [0.1, 0.15) is 20.9 Å². The number of nitrogens with one attached hydrogen (secondary N) is 1. The number of aromatic nitrogens is 1. The Balaban J connectivity index is 2.03. The number of amides is 1. The van der Waals surface area contributed by atoms with Gasteiger partial charge in [-0.25, -0.2) is 14.8 Å². The molecule has 0 saturated carbocycles. The van der Waals surface area contributed by atoms with Crippen LogP contribution in [0, 0.1) is 12.7 Å². The van der Waals surface area contributed by atoms with Crippen LogP contribution >= 0.6 is 11.3 Å². The van der Waals surface area contributed by atoms with Crippen LogP contribution in [0.25, 0.3) is 0 Å². The lowest BCUT2D eigenvalue weighted by atomic mass is 10.2. The smallest absolute Gasteiger partial charge is 0.283 e. The molecule has 1 heterocycles. The molecule has 2 aromatic rings. The number of hydrogen-bond donors (Lipinski definition) is 2. The highest BCUT2D eigenvalue weighted by Gasteiger charge is 2.13. The van der Waals surface area contributed by atoms with Crippen LogP contribution in [-0.4, -0.2) is 17.1 Å². The van der Waals surface area contributed by atoms with E-state index in [1.54, 1.807) is 19.1 Å². The van der Waals surface area contributed by atoms with Gasteiger partial charge in [0.1, 0.15) is 10.7 Å². The van der Waals surface area contributed by atoms with E-state index in [1.807, 2.05) is 0 Å². The summed E-state index contributed by atoms with van der Waals surface area (Å²) in [6, 6.07) is 5.88. The minimum Gasteiger partial charge on any atom is -0.375 e. The number of rotatable bonds is 3. The number of anilines is 1. The van der Waals surface area contributed by atoms with Crippen molar-refractivity contribution in [3.8, 4) is 0 Å². The Labute approximate surface area is 113 Å². The van der Waals surface area contributed by atoms with Gasteiger partial charge < -0.3 is 5.73 Å². The lowest BCUT2D eigenvalue weighted by molar-refractivity contribution is 0.0958. The number of nitrogens with zero attached hydrogens (tertiary/aromatic N) is 2. The first-order chi connectivity index (χ1) is 9.06. The van der Waals surface area contributed by atoms with E-state index in [2.05, 4.69) is 15.5 Å². The molecule has 3 N–H and O–H groups in total. The van der Waals surface area contributed by atoms with E-state index in [0.29, 0.717) is 21.3 Å². The highest BCUT2D eigenvalue weighted by atomic mass is 32.1. The van der Waals surface area contributed by atoms with Crippen LogP contribution < -0.4 is 11.2 Å². The molecule has 0 bridgehead atoms. The number of nitrogen functional groups attached to an aromatic ring is 1. The van der Waals surface area contributed by atoms with Crippen molar-refractivity contribution in [2.75, 3.05) is 5.73 Å². The lowest BCUT2D eigenvalue weighted by Gasteiger charge is -1.97. The molecule has 0 radical (unpaired) electrons. The standard InChI is InChI=1S/C12H11FN4OS/c1-7-10(19-12(14)16-7)11(18)17-15-6-8-3-2-4-9(13)5-8/h2-6H,1H3,(H2,14,16)(H,17,18)/b15-6+. The van der Waals surface area contributed by atoms with Crippen molar-refractivity contribution in [1.82, 2.24) is 10.4 Å². The molecule has 0 unspecified atom stereocenters. The summed E-state index contributed by atoms with van der Waals surface area (Å²) < 4.78 is 12.9. The normalized spacial score (nSPS) is 10.8. The molecule has 1 aromatic carbocycles. The molecule has 0 aliphatic carbocycles. The summed E-state index contributed by atoms with van der Waals surface area (Å²) >= 11 is 1.09. The highest BCUT2D eigenvalue weighted by molar-refractivity contribution is 7.17. The number of halogens is 1. The first kappa shape index (κ1) is 13.2. The zero-order valence-electron chi connectivity index (χ0n) is 10.1. The van der Waals surface area contributed by atoms with Crippen molar-refractivity contribution in [2.45, 2.75) is 6.92 Å². The molecule has 0 aliphatic rings. The summed E-state index contributed by atoms with van der Waals surface area (Å²) in [5.74, 6) is -0.749. The minimum absolute atomic E-state index is 0.330. The number of hydrogen-bond acceptors (Lipinski definition) is 5. The first-order valence-electron chi connectivity index (χ1n) is 5.38. The molecule has 0 fully saturated rings. The van der Waals surface area contributed by atoms with E-state index < -0.39 is 0 Å². The number of hydrazone groups is 1. The zero-order valence-corrected chi connectivity index (χ0v) is 10.9. The van der Waals surface area contributed by atoms with Crippen molar-refractivity contribution >= 4 is 28.6 Å². The Morgan fingerprint density at radius 3 is 3.00 bits per heavy atom. The largest absolute Gasteiger partial charge is 0.375 e. The summed E-state index contributed by atoms with van der Waals surface area (Å²) in [4.78, 5) is 16.1. The third kappa shape index (κ3) is 3.35. The van der Waals surface area contributed by atoms with Gasteiger partial charge in [0.2, 0.25) is 0 Å². The second kappa shape index (κ2) is 5.57. The minimum atomic E-state index is -0.389. The molecule has 19 heavy (non-hydrogen) atoms. The molecule has 5 nitrogen and oxygen atoms in total. The average Bonchev–Trinajstić information content (AvgIpc) is 2.68. The molecule has 1 amide bonds. The Morgan fingerprint density at radius 1 is 1.58 bits per heavy atom. The van der Waals surface area contributed by atoms with Crippen LogP contribution in [0.4, 0.5) is 9.52 Å². The molecule has 2 rings (SSSR count). The van der Waals surface area contributed by atoms with Gasteiger partial charge in [-0.2, -0.15) is 5.10 Å². The summed E-state index contributed by atoms with van der Waals surface area (Å²) in [5, 5.41) is 4.09. The van der Waals surface area contributed by atoms with Gasteiger partial charge in [0.05, 0.1) is 11.9 Å².